The van der Waals surface area contributed by atoms with Crippen LogP contribution in [0.4, 0.5) is 0 Å². The standard InChI is InChI=1S/C14H13BrO.C2H6/c1-3-8-13(15)12(4-2)14(16)11-9-6-5-7-10-11;1-2/h3-10H,2H2,1H3;1-2H3/b8-3-,13-12-;. The second-order valence-corrected chi connectivity index (χ2v) is 4.02. The number of halogens is 1. The van der Waals surface area contributed by atoms with Crippen molar-refractivity contribution >= 4 is 21.7 Å². The molecule has 1 aromatic carbocycles. The van der Waals surface area contributed by atoms with Gasteiger partial charge in [0.25, 0.3) is 0 Å². The van der Waals surface area contributed by atoms with E-state index in [1.54, 1.807) is 18.2 Å². The van der Waals surface area contributed by atoms with Gasteiger partial charge in [-0.15, -0.1) is 0 Å². The zero-order chi connectivity index (χ0) is 14.0. The summed E-state index contributed by atoms with van der Waals surface area (Å²) < 4.78 is 0.749. The van der Waals surface area contributed by atoms with E-state index in [9.17, 15) is 4.79 Å². The van der Waals surface area contributed by atoms with Crippen LogP contribution in [0.5, 0.6) is 0 Å². The van der Waals surface area contributed by atoms with Gasteiger partial charge in [-0.05, 0) is 6.92 Å². The van der Waals surface area contributed by atoms with Gasteiger partial charge in [-0.2, -0.15) is 0 Å². The molecule has 0 heterocycles. The molecule has 18 heavy (non-hydrogen) atoms. The van der Waals surface area contributed by atoms with Crippen molar-refractivity contribution in [2.45, 2.75) is 20.8 Å². The Labute approximate surface area is 118 Å². The molecule has 96 valence electrons. The summed E-state index contributed by atoms with van der Waals surface area (Å²) in [6.07, 6.45) is 5.27. The molecular weight excluding hydrogens is 288 g/mol. The summed E-state index contributed by atoms with van der Waals surface area (Å²) in [5.74, 6) is -0.0272. The topological polar surface area (TPSA) is 17.1 Å². The smallest absolute Gasteiger partial charge is 0.194 e. The summed E-state index contributed by atoms with van der Waals surface area (Å²) in [7, 11) is 0. The van der Waals surface area contributed by atoms with E-state index in [1.165, 1.54) is 0 Å². The number of hydrogen-bond donors (Lipinski definition) is 0. The monoisotopic (exact) mass is 306 g/mol. The normalized spacial score (nSPS) is 11.3. The van der Waals surface area contributed by atoms with Crippen molar-refractivity contribution in [1.82, 2.24) is 0 Å². The Morgan fingerprint density at radius 2 is 1.78 bits per heavy atom. The van der Waals surface area contributed by atoms with Crippen molar-refractivity contribution in [2.24, 2.45) is 0 Å². The van der Waals surface area contributed by atoms with E-state index in [0.717, 1.165) is 4.48 Å². The van der Waals surface area contributed by atoms with E-state index >= 15 is 0 Å². The Morgan fingerprint density at radius 1 is 1.22 bits per heavy atom. The van der Waals surface area contributed by atoms with Crippen LogP contribution in [0.3, 0.4) is 0 Å². The maximum atomic E-state index is 12.1. The van der Waals surface area contributed by atoms with Gasteiger partial charge in [0.1, 0.15) is 0 Å². The van der Waals surface area contributed by atoms with E-state index in [4.69, 9.17) is 0 Å². The molecule has 1 aromatic rings. The SMILES string of the molecule is C=C/C(C(=O)c1ccccc1)=C(Br)\C=C/C.CC. The third-order valence-corrected chi connectivity index (χ3v) is 2.75. The summed E-state index contributed by atoms with van der Waals surface area (Å²) in [5, 5.41) is 0. The van der Waals surface area contributed by atoms with Crippen LogP contribution < -0.4 is 0 Å². The van der Waals surface area contributed by atoms with Crippen LogP contribution in [0.15, 0.2) is 65.2 Å². The first kappa shape index (κ1) is 16.6. The minimum atomic E-state index is -0.0272. The molecule has 0 amide bonds. The van der Waals surface area contributed by atoms with E-state index in [2.05, 4.69) is 22.5 Å². The molecular formula is C16H19BrO. The van der Waals surface area contributed by atoms with Crippen LogP contribution in [-0.2, 0) is 0 Å². The van der Waals surface area contributed by atoms with Crippen LogP contribution >= 0.6 is 15.9 Å². The van der Waals surface area contributed by atoms with E-state index in [0.29, 0.717) is 11.1 Å². The summed E-state index contributed by atoms with van der Waals surface area (Å²) in [5.41, 5.74) is 1.24. The third kappa shape index (κ3) is 4.84. The molecule has 0 saturated heterocycles. The third-order valence-electron chi connectivity index (χ3n) is 2.06. The zero-order valence-corrected chi connectivity index (χ0v) is 12.7. The van der Waals surface area contributed by atoms with Gasteiger partial charge in [-0.3, -0.25) is 4.79 Å². The molecule has 0 fully saturated rings. The highest BCUT2D eigenvalue weighted by Crippen LogP contribution is 2.19. The van der Waals surface area contributed by atoms with E-state index < -0.39 is 0 Å². The highest BCUT2D eigenvalue weighted by atomic mass is 79.9. The lowest BCUT2D eigenvalue weighted by Crippen LogP contribution is -2.02. The van der Waals surface area contributed by atoms with Crippen LogP contribution in [0.1, 0.15) is 31.1 Å². The molecule has 0 aliphatic heterocycles. The number of rotatable bonds is 4. The average Bonchev–Trinajstić information content (AvgIpc) is 2.43. The van der Waals surface area contributed by atoms with Crippen molar-refractivity contribution in [1.29, 1.82) is 0 Å². The largest absolute Gasteiger partial charge is 0.289 e. The Hall–Kier alpha value is -1.41. The molecule has 0 aromatic heterocycles. The van der Waals surface area contributed by atoms with Gasteiger partial charge in [0.15, 0.2) is 5.78 Å². The predicted octanol–water partition coefficient (Wildman–Crippen LogP) is 5.31. The zero-order valence-electron chi connectivity index (χ0n) is 11.1. The first-order valence-corrected chi connectivity index (χ1v) is 6.74. The number of carbonyl (C=O) groups is 1. The van der Waals surface area contributed by atoms with Gasteiger partial charge in [-0.1, -0.05) is 84.9 Å². The first-order valence-electron chi connectivity index (χ1n) is 5.95. The molecule has 1 nitrogen and oxygen atoms in total. The molecule has 0 N–H and O–H groups in total. The Balaban J connectivity index is 0.00000137. The van der Waals surface area contributed by atoms with Crippen LogP contribution in [0.25, 0.3) is 0 Å². The van der Waals surface area contributed by atoms with Crippen molar-refractivity contribution in [2.75, 3.05) is 0 Å². The van der Waals surface area contributed by atoms with Crippen molar-refractivity contribution in [3.05, 3.63) is 70.8 Å². The first-order chi connectivity index (χ1) is 8.70. The van der Waals surface area contributed by atoms with Gasteiger partial charge >= 0.3 is 0 Å². The van der Waals surface area contributed by atoms with Crippen molar-refractivity contribution in [3.8, 4) is 0 Å². The molecule has 0 spiro atoms. The number of benzene rings is 1. The number of allylic oxidation sites excluding steroid dienone is 5. The lowest BCUT2D eigenvalue weighted by atomic mass is 10.0. The highest BCUT2D eigenvalue weighted by molar-refractivity contribution is 9.12. The van der Waals surface area contributed by atoms with Crippen molar-refractivity contribution in [3.63, 3.8) is 0 Å². The van der Waals surface area contributed by atoms with Gasteiger partial charge in [-0.25, -0.2) is 0 Å². The molecule has 0 radical (unpaired) electrons. The Bertz CT molecular complexity index is 441. The highest BCUT2D eigenvalue weighted by Gasteiger charge is 2.11. The second kappa shape index (κ2) is 9.60. The summed E-state index contributed by atoms with van der Waals surface area (Å²) in [4.78, 5) is 12.1. The molecule has 0 aliphatic carbocycles. The average molecular weight is 307 g/mol. The quantitative estimate of drug-likeness (QED) is 0.419. The van der Waals surface area contributed by atoms with Crippen molar-refractivity contribution < 1.29 is 4.79 Å². The number of Topliss-reactive ketones (excluding diaryl/α,β-unsaturated/α-hetero) is 1. The summed E-state index contributed by atoms with van der Waals surface area (Å²) in [6, 6.07) is 9.16. The van der Waals surface area contributed by atoms with Crippen LogP contribution in [0.2, 0.25) is 0 Å². The second-order valence-electron chi connectivity index (χ2n) is 3.16. The van der Waals surface area contributed by atoms with Crippen LogP contribution in [-0.4, -0.2) is 5.78 Å². The fraction of sp³-hybridized carbons (Fsp3) is 0.188. The fourth-order valence-electron chi connectivity index (χ4n) is 1.28. The summed E-state index contributed by atoms with van der Waals surface area (Å²) in [6.45, 7) is 9.57. The van der Waals surface area contributed by atoms with Crippen LogP contribution in [0, 0.1) is 0 Å². The van der Waals surface area contributed by atoms with Gasteiger partial charge in [0.05, 0.1) is 0 Å². The van der Waals surface area contributed by atoms with Gasteiger partial charge in [0, 0.05) is 15.6 Å². The maximum absolute atomic E-state index is 12.1. The Morgan fingerprint density at radius 3 is 2.22 bits per heavy atom. The Kier molecular flexibility index (Phi) is 8.85. The molecule has 1 rings (SSSR count). The molecule has 0 saturated carbocycles. The fourth-order valence-corrected chi connectivity index (χ4v) is 1.89. The minimum absolute atomic E-state index is 0.0272. The van der Waals surface area contributed by atoms with E-state index in [-0.39, 0.29) is 5.78 Å². The number of ketones is 1. The van der Waals surface area contributed by atoms with Gasteiger partial charge in [0.2, 0.25) is 0 Å². The summed E-state index contributed by atoms with van der Waals surface area (Å²) >= 11 is 3.36. The minimum Gasteiger partial charge on any atom is -0.289 e. The maximum Gasteiger partial charge on any atom is 0.194 e. The molecule has 2 heteroatoms. The molecule has 0 bridgehead atoms. The number of carbonyl (C=O) groups excluding carboxylic acids is 1. The lowest BCUT2D eigenvalue weighted by molar-refractivity contribution is 0.103. The van der Waals surface area contributed by atoms with Gasteiger partial charge < -0.3 is 0 Å². The molecule has 0 unspecified atom stereocenters. The lowest BCUT2D eigenvalue weighted by Gasteiger charge is -2.03. The molecule has 0 atom stereocenters. The number of hydrogen-bond acceptors (Lipinski definition) is 1. The molecule has 0 aliphatic rings. The van der Waals surface area contributed by atoms with E-state index in [1.807, 2.05) is 51.1 Å². The predicted molar refractivity (Wildman–Crippen MR) is 83.1 cm³/mol.